The molecular formula is C6H14O9. The van der Waals surface area contributed by atoms with Crippen LogP contribution in [-0.4, -0.2) is 49.1 Å². The third-order valence-electron chi connectivity index (χ3n) is 0. The Morgan fingerprint density at radius 2 is 0.667 bits per heavy atom. The van der Waals surface area contributed by atoms with Gasteiger partial charge in [0.15, 0.2) is 0 Å². The van der Waals surface area contributed by atoms with Crippen molar-refractivity contribution in [3.8, 4) is 0 Å². The SMILES string of the molecule is CCC.O=C(O)O.O=C(O)O.O=C(O)O. The molecule has 6 N–H and O–H groups in total. The second kappa shape index (κ2) is 22.6. The maximum absolute atomic E-state index is 8.56. The number of hydrogen-bond acceptors (Lipinski definition) is 3. The first kappa shape index (κ1) is 23.0. The standard InChI is InChI=1S/C3H8.3CH2O3/c1-3-2;3*2-1(3)4/h3H2,1-2H3;3*(H2,2,3,4). The zero-order valence-corrected chi connectivity index (χ0v) is 8.12. The number of hydrogen-bond donors (Lipinski definition) is 6. The molecule has 0 radical (unpaired) electrons. The van der Waals surface area contributed by atoms with E-state index >= 15 is 0 Å². The lowest BCUT2D eigenvalue weighted by Crippen LogP contribution is -1.81. The van der Waals surface area contributed by atoms with E-state index in [-0.39, 0.29) is 0 Å². The molecule has 0 saturated carbocycles. The van der Waals surface area contributed by atoms with Crippen LogP contribution in [0, 0.1) is 0 Å². The van der Waals surface area contributed by atoms with Crippen molar-refractivity contribution in [2.75, 3.05) is 0 Å². The zero-order valence-electron chi connectivity index (χ0n) is 8.12. The van der Waals surface area contributed by atoms with Crippen LogP contribution in [0.4, 0.5) is 14.4 Å². The van der Waals surface area contributed by atoms with Crippen molar-refractivity contribution in [2.45, 2.75) is 20.3 Å². The molecule has 0 fully saturated rings. The Morgan fingerprint density at radius 3 is 0.667 bits per heavy atom. The summed E-state index contributed by atoms with van der Waals surface area (Å²) in [6, 6.07) is 0. The molecule has 0 aromatic heterocycles. The van der Waals surface area contributed by atoms with Crippen LogP contribution in [-0.2, 0) is 0 Å². The smallest absolute Gasteiger partial charge is 0.450 e. The molecule has 0 spiro atoms. The van der Waals surface area contributed by atoms with Crippen LogP contribution in [0.3, 0.4) is 0 Å². The second-order valence-electron chi connectivity index (χ2n) is 1.55. The lowest BCUT2D eigenvalue weighted by Gasteiger charge is -1.60. The van der Waals surface area contributed by atoms with Crippen molar-refractivity contribution in [3.05, 3.63) is 0 Å². The molecule has 92 valence electrons. The minimum atomic E-state index is -1.83. The van der Waals surface area contributed by atoms with Crippen LogP contribution in [0.1, 0.15) is 20.3 Å². The van der Waals surface area contributed by atoms with Crippen molar-refractivity contribution in [2.24, 2.45) is 0 Å². The summed E-state index contributed by atoms with van der Waals surface area (Å²) in [6.07, 6.45) is -4.25. The van der Waals surface area contributed by atoms with Crippen molar-refractivity contribution in [1.29, 1.82) is 0 Å². The summed E-state index contributed by atoms with van der Waals surface area (Å²) >= 11 is 0. The maximum atomic E-state index is 8.56. The number of rotatable bonds is 0. The third-order valence-corrected chi connectivity index (χ3v) is 0. The van der Waals surface area contributed by atoms with Crippen LogP contribution in [0.15, 0.2) is 0 Å². The molecule has 0 atom stereocenters. The van der Waals surface area contributed by atoms with Gasteiger partial charge in [-0.1, -0.05) is 20.3 Å². The van der Waals surface area contributed by atoms with Crippen LogP contribution >= 0.6 is 0 Å². The van der Waals surface area contributed by atoms with E-state index in [1.165, 1.54) is 6.42 Å². The van der Waals surface area contributed by atoms with Gasteiger partial charge in [-0.25, -0.2) is 14.4 Å². The highest BCUT2D eigenvalue weighted by Crippen LogP contribution is 1.56. The Kier molecular flexibility index (Phi) is 34.7. The van der Waals surface area contributed by atoms with Crippen molar-refractivity contribution >= 4 is 18.5 Å². The van der Waals surface area contributed by atoms with Crippen LogP contribution < -0.4 is 0 Å². The molecule has 0 aromatic rings. The minimum Gasteiger partial charge on any atom is -0.450 e. The summed E-state index contributed by atoms with van der Waals surface area (Å²) in [7, 11) is 0. The average Bonchev–Trinajstić information content (AvgIpc) is 1.81. The highest BCUT2D eigenvalue weighted by molar-refractivity contribution is 5.53. The highest BCUT2D eigenvalue weighted by Gasteiger charge is 1.70. The lowest BCUT2D eigenvalue weighted by atomic mass is 10.6. The molecular weight excluding hydrogens is 216 g/mol. The van der Waals surface area contributed by atoms with Gasteiger partial charge in [0.2, 0.25) is 0 Å². The van der Waals surface area contributed by atoms with E-state index in [0.29, 0.717) is 0 Å². The summed E-state index contributed by atoms with van der Waals surface area (Å²) < 4.78 is 0. The monoisotopic (exact) mass is 230 g/mol. The molecule has 0 heterocycles. The Bertz CT molecular complexity index is 123. The van der Waals surface area contributed by atoms with Gasteiger partial charge in [0.25, 0.3) is 0 Å². The summed E-state index contributed by atoms with van der Waals surface area (Å²) in [6.45, 7) is 4.25. The average molecular weight is 230 g/mol. The van der Waals surface area contributed by atoms with Crippen molar-refractivity contribution in [3.63, 3.8) is 0 Å². The molecule has 0 amide bonds. The Morgan fingerprint density at radius 1 is 0.667 bits per heavy atom. The van der Waals surface area contributed by atoms with Crippen molar-refractivity contribution < 1.29 is 45.0 Å². The van der Waals surface area contributed by atoms with Gasteiger partial charge in [0.1, 0.15) is 0 Å². The van der Waals surface area contributed by atoms with Gasteiger partial charge in [0, 0.05) is 0 Å². The predicted molar refractivity (Wildman–Crippen MR) is 47.9 cm³/mol. The van der Waals surface area contributed by atoms with Crippen LogP contribution in [0.25, 0.3) is 0 Å². The Hall–Kier alpha value is -2.19. The van der Waals surface area contributed by atoms with Crippen LogP contribution in [0.5, 0.6) is 0 Å². The second-order valence-corrected chi connectivity index (χ2v) is 1.55. The fourth-order valence-electron chi connectivity index (χ4n) is 0. The Balaban J connectivity index is -0.0000000542. The third kappa shape index (κ3) is 237. The van der Waals surface area contributed by atoms with Gasteiger partial charge in [-0.2, -0.15) is 0 Å². The molecule has 0 rings (SSSR count). The van der Waals surface area contributed by atoms with E-state index in [1.807, 2.05) is 0 Å². The molecule has 0 unspecified atom stereocenters. The molecule has 9 nitrogen and oxygen atoms in total. The topological polar surface area (TPSA) is 173 Å². The first-order chi connectivity index (χ1) is 6.61. The van der Waals surface area contributed by atoms with E-state index in [9.17, 15) is 0 Å². The largest absolute Gasteiger partial charge is 0.503 e. The van der Waals surface area contributed by atoms with Gasteiger partial charge in [0.05, 0.1) is 0 Å². The van der Waals surface area contributed by atoms with Crippen molar-refractivity contribution in [1.82, 2.24) is 0 Å². The van der Waals surface area contributed by atoms with Gasteiger partial charge in [-0.3, -0.25) is 0 Å². The van der Waals surface area contributed by atoms with Gasteiger partial charge in [-0.05, 0) is 0 Å². The van der Waals surface area contributed by atoms with Gasteiger partial charge < -0.3 is 30.6 Å². The van der Waals surface area contributed by atoms with E-state index in [1.54, 1.807) is 0 Å². The highest BCUT2D eigenvalue weighted by atomic mass is 16.6. The van der Waals surface area contributed by atoms with E-state index in [0.717, 1.165) is 0 Å². The minimum absolute atomic E-state index is 1.25. The fraction of sp³-hybridized carbons (Fsp3) is 0.500. The molecule has 15 heavy (non-hydrogen) atoms. The molecule has 0 bridgehead atoms. The molecule has 0 aliphatic rings. The molecule has 0 aliphatic carbocycles. The molecule has 9 heteroatoms. The predicted octanol–water partition coefficient (Wildman–Crippen LogP) is 2.08. The summed E-state index contributed by atoms with van der Waals surface area (Å²) in [5, 5.41) is 41.8. The van der Waals surface area contributed by atoms with E-state index in [4.69, 9.17) is 45.0 Å². The van der Waals surface area contributed by atoms with Gasteiger partial charge in [-0.15, -0.1) is 0 Å². The summed E-state index contributed by atoms with van der Waals surface area (Å²) in [5.74, 6) is 0. The van der Waals surface area contributed by atoms with E-state index in [2.05, 4.69) is 13.8 Å². The molecule has 0 saturated heterocycles. The fourth-order valence-corrected chi connectivity index (χ4v) is 0. The number of carbonyl (C=O) groups is 3. The first-order valence-electron chi connectivity index (χ1n) is 3.37. The van der Waals surface area contributed by atoms with Gasteiger partial charge >= 0.3 is 18.5 Å². The maximum Gasteiger partial charge on any atom is 0.503 e. The summed E-state index contributed by atoms with van der Waals surface area (Å²) in [5.41, 5.74) is 0. The lowest BCUT2D eigenvalue weighted by molar-refractivity contribution is 0.135. The number of carboxylic acid groups (broad SMARTS) is 6. The molecule has 0 aliphatic heterocycles. The Labute approximate surface area is 84.8 Å². The molecule has 0 aromatic carbocycles. The van der Waals surface area contributed by atoms with Crippen LogP contribution in [0.2, 0.25) is 0 Å². The summed E-state index contributed by atoms with van der Waals surface area (Å²) in [4.78, 5) is 25.7. The quantitative estimate of drug-likeness (QED) is 0.364. The first-order valence-corrected chi connectivity index (χ1v) is 3.37. The normalized spacial score (nSPS) is 6.00. The van der Waals surface area contributed by atoms with E-state index < -0.39 is 18.5 Å². The zero-order chi connectivity index (χ0) is 13.4.